The zero-order valence-corrected chi connectivity index (χ0v) is 18.3. The van der Waals surface area contributed by atoms with Crippen LogP contribution in [0.25, 0.3) is 22.5 Å². The van der Waals surface area contributed by atoms with Gasteiger partial charge in [-0.25, -0.2) is 14.9 Å². The summed E-state index contributed by atoms with van der Waals surface area (Å²) in [4.78, 5) is 15.7. The summed E-state index contributed by atoms with van der Waals surface area (Å²) in [7, 11) is 0. The Kier molecular flexibility index (Phi) is 6.45. The topological polar surface area (TPSA) is 139 Å². The van der Waals surface area contributed by atoms with E-state index in [2.05, 4.69) is 25.6 Å². The zero-order valence-electron chi connectivity index (χ0n) is 18.3. The third kappa shape index (κ3) is 4.75. The molecule has 0 fully saturated rings. The number of aliphatic hydroxyl groups excluding tert-OH is 1. The predicted octanol–water partition coefficient (Wildman–Crippen LogP) is 3.84. The smallest absolute Gasteiger partial charge is 0.449 e. The van der Waals surface area contributed by atoms with Crippen molar-refractivity contribution in [1.29, 1.82) is 0 Å². The molecule has 4 aromatic rings. The number of imidazole rings is 1. The standard InChI is InChI=1S/C23H24N6O4/c1-3-6-19-24-20(14(2)30)22(33-23(31)32)29(19)13-15-9-11-16(12-10-15)17-7-4-5-8-18(17)21-25-27-28-26-21/h4-5,7-12,14,30H,3,6,13H2,1-2H3,(H,31,32)(H,25,26,27,28). The van der Waals surface area contributed by atoms with Crippen LogP contribution in [0.1, 0.15) is 43.5 Å². The number of ether oxygens (including phenoxy) is 1. The van der Waals surface area contributed by atoms with Gasteiger partial charge in [-0.05, 0) is 40.5 Å². The number of tetrazole rings is 1. The van der Waals surface area contributed by atoms with Gasteiger partial charge in [0.2, 0.25) is 5.88 Å². The number of aliphatic hydroxyl groups is 1. The average Bonchev–Trinajstić information content (AvgIpc) is 3.44. The highest BCUT2D eigenvalue weighted by molar-refractivity contribution is 5.80. The van der Waals surface area contributed by atoms with Crippen LogP contribution in [0, 0.1) is 0 Å². The number of hydrogen-bond donors (Lipinski definition) is 3. The Hall–Kier alpha value is -4.05. The summed E-state index contributed by atoms with van der Waals surface area (Å²) in [5.41, 5.74) is 3.99. The summed E-state index contributed by atoms with van der Waals surface area (Å²) in [6.45, 7) is 3.90. The number of carbonyl (C=O) groups is 1. The number of aryl methyl sites for hydroxylation is 1. The molecule has 33 heavy (non-hydrogen) atoms. The fourth-order valence-corrected chi connectivity index (χ4v) is 3.73. The molecule has 3 N–H and O–H groups in total. The molecule has 0 aliphatic carbocycles. The van der Waals surface area contributed by atoms with Crippen molar-refractivity contribution in [2.75, 3.05) is 0 Å². The van der Waals surface area contributed by atoms with Crippen molar-refractivity contribution in [2.24, 2.45) is 0 Å². The van der Waals surface area contributed by atoms with E-state index < -0.39 is 12.3 Å². The molecule has 0 bridgehead atoms. The fourth-order valence-electron chi connectivity index (χ4n) is 3.73. The molecular weight excluding hydrogens is 424 g/mol. The minimum absolute atomic E-state index is 0.0493. The third-order valence-electron chi connectivity index (χ3n) is 5.21. The zero-order chi connectivity index (χ0) is 23.4. The number of hydrogen-bond acceptors (Lipinski definition) is 7. The fraction of sp³-hybridized carbons (Fsp3) is 0.261. The van der Waals surface area contributed by atoms with E-state index in [0.29, 0.717) is 24.6 Å². The van der Waals surface area contributed by atoms with Crippen LogP contribution in [0.15, 0.2) is 48.5 Å². The Morgan fingerprint density at radius 3 is 2.48 bits per heavy atom. The van der Waals surface area contributed by atoms with Gasteiger partial charge in [0, 0.05) is 12.0 Å². The summed E-state index contributed by atoms with van der Waals surface area (Å²) in [5.74, 6) is 1.29. The molecule has 2 aromatic carbocycles. The quantitative estimate of drug-likeness (QED) is 0.346. The van der Waals surface area contributed by atoms with Crippen LogP contribution in [0.3, 0.4) is 0 Å². The number of rotatable bonds is 8. The molecule has 0 saturated carbocycles. The summed E-state index contributed by atoms with van der Waals surface area (Å²) in [5, 5.41) is 33.4. The van der Waals surface area contributed by atoms with Gasteiger partial charge >= 0.3 is 6.16 Å². The summed E-state index contributed by atoms with van der Waals surface area (Å²) < 4.78 is 6.73. The Morgan fingerprint density at radius 1 is 1.15 bits per heavy atom. The van der Waals surface area contributed by atoms with Gasteiger partial charge in [0.25, 0.3) is 0 Å². The summed E-state index contributed by atoms with van der Waals surface area (Å²) in [6.07, 6.45) is -0.968. The lowest BCUT2D eigenvalue weighted by atomic mass is 9.98. The van der Waals surface area contributed by atoms with E-state index in [1.54, 1.807) is 4.57 Å². The highest BCUT2D eigenvalue weighted by Crippen LogP contribution is 2.31. The second-order valence-electron chi connectivity index (χ2n) is 7.59. The highest BCUT2D eigenvalue weighted by atomic mass is 16.7. The molecule has 10 heteroatoms. The van der Waals surface area contributed by atoms with Crippen LogP contribution in [0.4, 0.5) is 4.79 Å². The number of nitrogens with one attached hydrogen (secondary N) is 1. The lowest BCUT2D eigenvalue weighted by Gasteiger charge is -2.13. The molecule has 2 heterocycles. The van der Waals surface area contributed by atoms with Crippen molar-refractivity contribution >= 4 is 6.16 Å². The second kappa shape index (κ2) is 9.61. The molecule has 0 amide bonds. The van der Waals surface area contributed by atoms with Gasteiger partial charge in [0.05, 0.1) is 12.6 Å². The van der Waals surface area contributed by atoms with E-state index in [-0.39, 0.29) is 11.6 Å². The van der Waals surface area contributed by atoms with E-state index in [0.717, 1.165) is 28.7 Å². The van der Waals surface area contributed by atoms with E-state index in [9.17, 15) is 15.0 Å². The Morgan fingerprint density at radius 2 is 1.88 bits per heavy atom. The van der Waals surface area contributed by atoms with Gasteiger partial charge in [-0.2, -0.15) is 0 Å². The van der Waals surface area contributed by atoms with Crippen LogP contribution in [0.5, 0.6) is 5.88 Å². The van der Waals surface area contributed by atoms with E-state index >= 15 is 0 Å². The van der Waals surface area contributed by atoms with Crippen molar-refractivity contribution in [3.63, 3.8) is 0 Å². The minimum atomic E-state index is -1.45. The number of carboxylic acid groups (broad SMARTS) is 1. The average molecular weight is 448 g/mol. The van der Waals surface area contributed by atoms with Crippen LogP contribution in [-0.4, -0.2) is 46.5 Å². The summed E-state index contributed by atoms with van der Waals surface area (Å²) >= 11 is 0. The number of benzene rings is 2. The van der Waals surface area contributed by atoms with Crippen LogP contribution < -0.4 is 4.74 Å². The van der Waals surface area contributed by atoms with Crippen molar-refractivity contribution in [1.82, 2.24) is 30.2 Å². The molecule has 10 nitrogen and oxygen atoms in total. The van der Waals surface area contributed by atoms with Crippen molar-refractivity contribution < 1.29 is 19.7 Å². The first-order chi connectivity index (χ1) is 16.0. The first-order valence-corrected chi connectivity index (χ1v) is 10.6. The van der Waals surface area contributed by atoms with E-state index in [1.165, 1.54) is 6.92 Å². The van der Waals surface area contributed by atoms with Crippen LogP contribution in [-0.2, 0) is 13.0 Å². The largest absolute Gasteiger partial charge is 0.512 e. The SMILES string of the molecule is CCCc1nc(C(C)O)c(OC(=O)O)n1Cc1ccc(-c2ccccc2-c2nnn[nH]2)cc1. The lowest BCUT2D eigenvalue weighted by molar-refractivity contribution is 0.136. The lowest BCUT2D eigenvalue weighted by Crippen LogP contribution is -2.12. The van der Waals surface area contributed by atoms with Crippen LogP contribution >= 0.6 is 0 Å². The number of aromatic amines is 1. The van der Waals surface area contributed by atoms with Crippen LogP contribution in [0.2, 0.25) is 0 Å². The van der Waals surface area contributed by atoms with Gasteiger partial charge in [-0.3, -0.25) is 4.57 Å². The molecule has 0 saturated heterocycles. The first kappa shape index (κ1) is 22.2. The second-order valence-corrected chi connectivity index (χ2v) is 7.59. The molecule has 1 unspecified atom stereocenters. The highest BCUT2D eigenvalue weighted by Gasteiger charge is 2.24. The molecule has 0 aliphatic rings. The predicted molar refractivity (Wildman–Crippen MR) is 120 cm³/mol. The number of nitrogens with zero attached hydrogens (tertiary/aromatic N) is 5. The van der Waals surface area contributed by atoms with Gasteiger partial charge in [0.15, 0.2) is 5.82 Å². The van der Waals surface area contributed by atoms with Gasteiger partial charge in [-0.1, -0.05) is 55.5 Å². The molecule has 170 valence electrons. The molecular formula is C23H24N6O4. The Bertz CT molecular complexity index is 1230. The molecule has 0 aliphatic heterocycles. The molecule has 4 rings (SSSR count). The molecule has 1 atom stereocenters. The minimum Gasteiger partial charge on any atom is -0.449 e. The van der Waals surface area contributed by atoms with Gasteiger partial charge < -0.3 is 14.9 Å². The normalized spacial score (nSPS) is 12.0. The summed E-state index contributed by atoms with van der Waals surface area (Å²) in [6, 6.07) is 15.7. The Balaban J connectivity index is 1.68. The van der Waals surface area contributed by atoms with E-state index in [1.807, 2.05) is 55.5 Å². The molecule has 2 aromatic heterocycles. The number of H-pyrrole nitrogens is 1. The maximum absolute atomic E-state index is 11.3. The van der Waals surface area contributed by atoms with Gasteiger partial charge in [-0.15, -0.1) is 5.10 Å². The van der Waals surface area contributed by atoms with Crippen molar-refractivity contribution in [3.05, 3.63) is 65.6 Å². The van der Waals surface area contributed by atoms with Crippen molar-refractivity contribution in [3.8, 4) is 28.4 Å². The Labute approximate surface area is 189 Å². The monoisotopic (exact) mass is 448 g/mol. The maximum atomic E-state index is 11.3. The third-order valence-corrected chi connectivity index (χ3v) is 5.21. The molecule has 0 radical (unpaired) electrons. The first-order valence-electron chi connectivity index (χ1n) is 10.6. The maximum Gasteiger partial charge on any atom is 0.512 e. The number of aromatic nitrogens is 6. The van der Waals surface area contributed by atoms with E-state index in [4.69, 9.17) is 4.74 Å². The molecule has 0 spiro atoms. The van der Waals surface area contributed by atoms with Gasteiger partial charge in [0.1, 0.15) is 11.5 Å². The van der Waals surface area contributed by atoms with Crippen molar-refractivity contribution in [2.45, 2.75) is 39.3 Å².